The molecule has 274 valence electrons. The molecule has 0 N–H and O–H groups in total. The van der Waals surface area contributed by atoms with E-state index >= 15 is 0 Å². The number of hydrogen-bond acceptors (Lipinski definition) is 0. The van der Waals surface area contributed by atoms with Crippen LogP contribution in [-0.4, -0.2) is 17.2 Å². The summed E-state index contributed by atoms with van der Waals surface area (Å²) in [6, 6.07) is 75.5. The van der Waals surface area contributed by atoms with Gasteiger partial charge in [-0.1, -0.05) is 177 Å². The lowest BCUT2D eigenvalue weighted by Gasteiger charge is -2.34. The average Bonchev–Trinajstić information content (AvgIpc) is 3.80. The lowest BCUT2D eigenvalue weighted by Crippen LogP contribution is -2.74. The molecule has 0 atom stereocenters. The molecule has 1 aliphatic carbocycles. The highest BCUT2D eigenvalue weighted by atomic mass is 28.3. The molecule has 0 saturated heterocycles. The van der Waals surface area contributed by atoms with E-state index in [0.29, 0.717) is 5.92 Å². The van der Waals surface area contributed by atoms with Crippen LogP contribution in [-0.2, 0) is 0 Å². The van der Waals surface area contributed by atoms with E-state index in [1.165, 1.54) is 113 Å². The Morgan fingerprint density at radius 3 is 1.37 bits per heavy atom. The van der Waals surface area contributed by atoms with Crippen LogP contribution in [0.3, 0.4) is 0 Å². The van der Waals surface area contributed by atoms with E-state index in [4.69, 9.17) is 0 Å². The van der Waals surface area contributed by atoms with E-state index in [0.717, 1.165) is 0 Å². The fourth-order valence-electron chi connectivity index (χ4n) is 10.3. The van der Waals surface area contributed by atoms with Crippen LogP contribution in [0.5, 0.6) is 0 Å². The first-order valence-electron chi connectivity index (χ1n) is 20.6. The monoisotopic (exact) mass is 748 g/mol. The van der Waals surface area contributed by atoms with Gasteiger partial charge in [0, 0.05) is 32.9 Å². The van der Waals surface area contributed by atoms with Gasteiger partial charge in [0.25, 0.3) is 0 Å². The summed E-state index contributed by atoms with van der Waals surface area (Å²) in [5.41, 5.74) is 8.84. The van der Waals surface area contributed by atoms with Crippen molar-refractivity contribution in [1.29, 1.82) is 0 Å². The molecule has 1 aliphatic rings. The number of aromatic nitrogens is 2. The first kappa shape index (κ1) is 33.9. The number of hydrogen-bond donors (Lipinski definition) is 0. The normalized spacial score (nSPS) is 13.9. The minimum absolute atomic E-state index is 0.644. The van der Waals surface area contributed by atoms with Gasteiger partial charge in [-0.3, -0.25) is 0 Å². The van der Waals surface area contributed by atoms with Crippen molar-refractivity contribution >= 4 is 72.4 Å². The fraction of sp³-hybridized carbons (Fsp3) is 0.111. The van der Waals surface area contributed by atoms with Crippen LogP contribution < -0.4 is 20.7 Å². The van der Waals surface area contributed by atoms with Gasteiger partial charge in [0.05, 0.1) is 22.1 Å². The highest BCUT2D eigenvalue weighted by Gasteiger charge is 2.41. The third-order valence-electron chi connectivity index (χ3n) is 12.8. The maximum Gasteiger partial charge on any atom is 0.179 e. The average molecular weight is 749 g/mol. The van der Waals surface area contributed by atoms with Crippen molar-refractivity contribution in [3.63, 3.8) is 0 Å². The van der Waals surface area contributed by atoms with Crippen molar-refractivity contribution in [3.05, 3.63) is 206 Å². The summed E-state index contributed by atoms with van der Waals surface area (Å²) in [4.78, 5) is 0. The van der Waals surface area contributed by atoms with Crippen molar-refractivity contribution in [2.24, 2.45) is 0 Å². The highest BCUT2D eigenvalue weighted by Crippen LogP contribution is 2.39. The first-order valence-corrected chi connectivity index (χ1v) is 22.6. The number of benzene rings is 8. The lowest BCUT2D eigenvalue weighted by molar-refractivity contribution is 0.444. The van der Waals surface area contributed by atoms with Crippen LogP contribution in [0.2, 0.25) is 0 Å². The topological polar surface area (TPSA) is 9.86 Å². The Labute approximate surface area is 335 Å². The molecule has 2 aromatic heterocycles. The standard InChI is InChI=1S/C54H44N2Si/c1-5-18-39(19-6-1)40-32-34-49-47-28-13-16-31-52(47)56(53(49)36-40)42-33-35-50-48-29-14-15-30-51(48)55(54(50)38-42)41-20-17-27-46(37-41)57(43-21-7-2-8-22-43,44-23-9-3-10-24-44)45-25-11-4-12-26-45/h2-4,7-17,20-39H,1,5-6,18-19H2. The van der Waals surface area contributed by atoms with Crippen molar-refractivity contribution in [2.45, 2.75) is 38.0 Å². The van der Waals surface area contributed by atoms with Gasteiger partial charge in [-0.15, -0.1) is 0 Å². The second-order valence-electron chi connectivity index (χ2n) is 15.9. The maximum absolute atomic E-state index is 2.73. The van der Waals surface area contributed by atoms with Crippen LogP contribution >= 0.6 is 0 Å². The summed E-state index contributed by atoms with van der Waals surface area (Å²) >= 11 is 0. The SMILES string of the molecule is c1ccc([Si](c2ccccc2)(c2ccccc2)c2cccc(-n3c4ccccc4c4ccc(-n5c6ccccc6c6ccc(C7CCCCC7)cc65)cc43)c2)cc1. The van der Waals surface area contributed by atoms with Gasteiger partial charge in [0.1, 0.15) is 0 Å². The van der Waals surface area contributed by atoms with Crippen LogP contribution in [0, 0.1) is 0 Å². The lowest BCUT2D eigenvalue weighted by atomic mass is 9.84. The molecule has 0 bridgehead atoms. The van der Waals surface area contributed by atoms with E-state index in [2.05, 4.69) is 209 Å². The van der Waals surface area contributed by atoms with Crippen molar-refractivity contribution < 1.29 is 0 Å². The molecule has 1 fully saturated rings. The molecule has 57 heavy (non-hydrogen) atoms. The molecule has 11 rings (SSSR count). The molecular weight excluding hydrogens is 705 g/mol. The zero-order valence-electron chi connectivity index (χ0n) is 32.1. The summed E-state index contributed by atoms with van der Waals surface area (Å²) in [5.74, 6) is 0.644. The Bertz CT molecular complexity index is 2950. The summed E-state index contributed by atoms with van der Waals surface area (Å²) in [6.45, 7) is 0. The van der Waals surface area contributed by atoms with Gasteiger partial charge in [-0.05, 0) is 87.5 Å². The molecule has 2 heterocycles. The van der Waals surface area contributed by atoms with E-state index in [1.54, 1.807) is 0 Å². The van der Waals surface area contributed by atoms with Crippen molar-refractivity contribution in [3.8, 4) is 11.4 Å². The largest absolute Gasteiger partial charge is 0.309 e. The van der Waals surface area contributed by atoms with E-state index in [9.17, 15) is 0 Å². The molecule has 10 aromatic rings. The second-order valence-corrected chi connectivity index (χ2v) is 19.7. The zero-order chi connectivity index (χ0) is 37.8. The number of fused-ring (bicyclic) bond motifs is 6. The predicted octanol–water partition coefficient (Wildman–Crippen LogP) is 11.3. The smallest absolute Gasteiger partial charge is 0.179 e. The van der Waals surface area contributed by atoms with Gasteiger partial charge in [-0.25, -0.2) is 0 Å². The predicted molar refractivity (Wildman–Crippen MR) is 245 cm³/mol. The number of para-hydroxylation sites is 2. The Kier molecular flexibility index (Phi) is 8.29. The molecule has 3 heteroatoms. The quantitative estimate of drug-likeness (QED) is 0.113. The van der Waals surface area contributed by atoms with Crippen molar-refractivity contribution in [1.82, 2.24) is 9.13 Å². The van der Waals surface area contributed by atoms with Gasteiger partial charge >= 0.3 is 0 Å². The Morgan fingerprint density at radius 1 is 0.333 bits per heavy atom. The molecule has 0 amide bonds. The molecular formula is C54H44N2Si. The second kappa shape index (κ2) is 13.9. The fourth-order valence-corrected chi connectivity index (χ4v) is 15.1. The minimum atomic E-state index is -2.73. The Balaban J connectivity index is 1.16. The molecule has 0 spiro atoms. The molecule has 1 saturated carbocycles. The Morgan fingerprint density at radius 2 is 0.789 bits per heavy atom. The zero-order valence-corrected chi connectivity index (χ0v) is 33.1. The first-order chi connectivity index (χ1) is 28.3. The van der Waals surface area contributed by atoms with Crippen LogP contribution in [0.25, 0.3) is 55.0 Å². The summed E-state index contributed by atoms with van der Waals surface area (Å²) in [6.07, 6.45) is 6.61. The van der Waals surface area contributed by atoms with E-state index in [-0.39, 0.29) is 0 Å². The summed E-state index contributed by atoms with van der Waals surface area (Å²) < 4.78 is 5.03. The van der Waals surface area contributed by atoms with Gasteiger partial charge in [0.2, 0.25) is 0 Å². The van der Waals surface area contributed by atoms with E-state index < -0.39 is 8.07 Å². The number of rotatable bonds is 7. The highest BCUT2D eigenvalue weighted by molar-refractivity contribution is 7.19. The van der Waals surface area contributed by atoms with E-state index in [1.807, 2.05) is 0 Å². The molecule has 0 unspecified atom stereocenters. The molecule has 0 radical (unpaired) electrons. The summed E-state index contributed by atoms with van der Waals surface area (Å²) in [5, 5.41) is 10.7. The van der Waals surface area contributed by atoms with Crippen LogP contribution in [0.4, 0.5) is 0 Å². The maximum atomic E-state index is 2.52. The third-order valence-corrected chi connectivity index (χ3v) is 17.6. The van der Waals surface area contributed by atoms with Crippen LogP contribution in [0.1, 0.15) is 43.6 Å². The minimum Gasteiger partial charge on any atom is -0.309 e. The van der Waals surface area contributed by atoms with Crippen molar-refractivity contribution in [2.75, 3.05) is 0 Å². The summed E-state index contributed by atoms with van der Waals surface area (Å²) in [7, 11) is -2.73. The molecule has 2 nitrogen and oxygen atoms in total. The van der Waals surface area contributed by atoms with Gasteiger partial charge in [0.15, 0.2) is 8.07 Å². The Hall–Kier alpha value is -6.42. The number of nitrogens with zero attached hydrogens (tertiary/aromatic N) is 2. The molecule has 0 aliphatic heterocycles. The van der Waals surface area contributed by atoms with Crippen LogP contribution in [0.15, 0.2) is 200 Å². The van der Waals surface area contributed by atoms with Gasteiger partial charge < -0.3 is 9.13 Å². The third kappa shape index (κ3) is 5.44. The molecule has 8 aromatic carbocycles. The van der Waals surface area contributed by atoms with Gasteiger partial charge in [-0.2, -0.15) is 0 Å².